The van der Waals surface area contributed by atoms with Gasteiger partial charge in [-0.15, -0.1) is 5.57 Å². The molecular formula is C6H7O4Rb. The predicted octanol–water partition coefficient (Wildman–Crippen LogP) is -2.70. The van der Waals surface area contributed by atoms with Crippen molar-refractivity contribution in [2.45, 2.75) is 13.3 Å². The fraction of sp³-hybridized carbons (Fsp3) is 0.333. The Morgan fingerprint density at radius 1 is 1.36 bits per heavy atom. The van der Waals surface area contributed by atoms with Gasteiger partial charge in [-0.1, -0.05) is 6.92 Å². The maximum atomic E-state index is 10.0. The van der Waals surface area contributed by atoms with E-state index in [2.05, 4.69) is 6.08 Å². The van der Waals surface area contributed by atoms with E-state index < -0.39 is 11.9 Å². The van der Waals surface area contributed by atoms with E-state index in [9.17, 15) is 9.59 Å². The Hall–Kier alpha value is 0.485. The average molecular weight is 229 g/mol. The van der Waals surface area contributed by atoms with Crippen LogP contribution in [-0.2, 0) is 9.59 Å². The average Bonchev–Trinajstić information content (AvgIpc) is 1.82. The van der Waals surface area contributed by atoms with Crippen molar-refractivity contribution in [3.63, 3.8) is 0 Å². The second kappa shape index (κ2) is 7.15. The third-order valence-electron chi connectivity index (χ3n) is 0.826. The molecule has 0 saturated heterocycles. The van der Waals surface area contributed by atoms with Gasteiger partial charge in [-0.2, -0.15) is 0 Å². The number of carboxylic acid groups (broad SMARTS) is 2. The second-order valence-corrected chi connectivity index (χ2v) is 1.68. The Kier molecular flexibility index (Phi) is 9.12. The minimum absolute atomic E-state index is 0. The van der Waals surface area contributed by atoms with Crippen LogP contribution < -0.4 is 58.2 Å². The zero-order valence-electron chi connectivity index (χ0n) is 6.42. The van der Waals surface area contributed by atoms with Crippen molar-refractivity contribution in [1.29, 1.82) is 0 Å². The van der Waals surface area contributed by atoms with E-state index >= 15 is 0 Å². The zero-order valence-corrected chi connectivity index (χ0v) is 11.3. The Bertz CT molecular complexity index is 185. The fourth-order valence-electron chi connectivity index (χ4n) is 0.284. The van der Waals surface area contributed by atoms with Crippen LogP contribution >= 0.6 is 0 Å². The van der Waals surface area contributed by atoms with Crippen LogP contribution in [0.15, 0.2) is 5.57 Å². The first-order valence-electron chi connectivity index (χ1n) is 2.56. The second-order valence-electron chi connectivity index (χ2n) is 1.68. The number of hydrogen-bond donors (Lipinski definition) is 2. The molecular weight excluding hydrogens is 222 g/mol. The van der Waals surface area contributed by atoms with Gasteiger partial charge in [0.25, 0.3) is 5.97 Å². The van der Waals surface area contributed by atoms with Gasteiger partial charge < -0.3 is 15.0 Å². The zero-order chi connectivity index (χ0) is 8.15. The number of carbonyl (C=O) groups is 2. The molecule has 0 aromatic carbocycles. The summed E-state index contributed by atoms with van der Waals surface area (Å²) in [7, 11) is 0. The van der Waals surface area contributed by atoms with Crippen LogP contribution in [0.25, 0.3) is 0 Å². The molecule has 11 heavy (non-hydrogen) atoms. The molecule has 0 aliphatic carbocycles. The van der Waals surface area contributed by atoms with Gasteiger partial charge in [-0.05, 0) is 6.42 Å². The minimum Gasteiger partial charge on any atom is -0.562 e. The van der Waals surface area contributed by atoms with Crippen molar-refractivity contribution >= 4 is 11.9 Å². The fourth-order valence-corrected chi connectivity index (χ4v) is 0.284. The monoisotopic (exact) mass is 228 g/mol. The Morgan fingerprint density at radius 2 is 1.82 bits per heavy atom. The van der Waals surface area contributed by atoms with Crippen molar-refractivity contribution < 1.29 is 78.0 Å². The summed E-state index contributed by atoms with van der Waals surface area (Å²) < 4.78 is 0. The van der Waals surface area contributed by atoms with Crippen LogP contribution in [0, 0.1) is 6.08 Å². The van der Waals surface area contributed by atoms with Crippen molar-refractivity contribution in [2.24, 2.45) is 0 Å². The molecule has 0 saturated carbocycles. The molecule has 0 aliphatic rings. The number of rotatable bonds is 3. The molecule has 5 heteroatoms. The standard InChI is InChI=1S/C6H7O4.Rb/c1-4(6(9)10)2-3-5(7)8;/h3H2,1H3,(H,7,8)(H,9,10);/q-1;+1. The van der Waals surface area contributed by atoms with Crippen molar-refractivity contribution in [3.8, 4) is 0 Å². The topological polar surface area (TPSA) is 74.6 Å². The maximum absolute atomic E-state index is 10.0. The molecule has 0 aliphatic heterocycles. The summed E-state index contributed by atoms with van der Waals surface area (Å²) in [6.07, 6.45) is 1.84. The van der Waals surface area contributed by atoms with Crippen LogP contribution in [0.1, 0.15) is 13.3 Å². The van der Waals surface area contributed by atoms with Gasteiger partial charge in [0.1, 0.15) is 0 Å². The SMILES string of the molecule is CC(=[C-]CC(=O)O)C(=O)O.[Rb+]. The minimum atomic E-state index is -1.14. The summed E-state index contributed by atoms with van der Waals surface area (Å²) >= 11 is 0. The van der Waals surface area contributed by atoms with Gasteiger partial charge in [-0.25, -0.2) is 0 Å². The molecule has 0 bridgehead atoms. The van der Waals surface area contributed by atoms with Gasteiger partial charge in [0, 0.05) is 0 Å². The van der Waals surface area contributed by atoms with Crippen LogP contribution in [0.4, 0.5) is 0 Å². The molecule has 0 atom stereocenters. The summed E-state index contributed by atoms with van der Waals surface area (Å²) in [5.41, 5.74) is -0.0672. The normalized spacial score (nSPS) is 10.1. The predicted molar refractivity (Wildman–Crippen MR) is 32.3 cm³/mol. The molecule has 0 amide bonds. The smallest absolute Gasteiger partial charge is 0.562 e. The van der Waals surface area contributed by atoms with Gasteiger partial charge >= 0.3 is 58.2 Å². The summed E-state index contributed by atoms with van der Waals surface area (Å²) in [5, 5.41) is 16.3. The summed E-state index contributed by atoms with van der Waals surface area (Å²) in [6.45, 7) is 1.30. The van der Waals surface area contributed by atoms with Crippen LogP contribution in [-0.4, -0.2) is 22.2 Å². The van der Waals surface area contributed by atoms with E-state index in [1.54, 1.807) is 0 Å². The van der Waals surface area contributed by atoms with Crippen LogP contribution in [0.2, 0.25) is 0 Å². The molecule has 0 radical (unpaired) electrons. The van der Waals surface area contributed by atoms with E-state index in [-0.39, 0.29) is 70.2 Å². The largest absolute Gasteiger partial charge is 1.00 e. The molecule has 0 rings (SSSR count). The summed E-state index contributed by atoms with van der Waals surface area (Å²) in [4.78, 5) is 19.9. The Balaban J connectivity index is 0. The van der Waals surface area contributed by atoms with Crippen molar-refractivity contribution in [1.82, 2.24) is 0 Å². The van der Waals surface area contributed by atoms with E-state index in [4.69, 9.17) is 10.2 Å². The van der Waals surface area contributed by atoms with Crippen LogP contribution in [0.5, 0.6) is 0 Å². The Morgan fingerprint density at radius 3 is 2.09 bits per heavy atom. The molecule has 2 N–H and O–H groups in total. The molecule has 0 heterocycles. The van der Waals surface area contributed by atoms with Gasteiger partial charge in [-0.3, -0.25) is 10.9 Å². The molecule has 4 nitrogen and oxygen atoms in total. The molecule has 56 valence electrons. The number of carboxylic acids is 2. The molecule has 0 aromatic heterocycles. The Labute approximate surface area is 113 Å². The number of aliphatic carboxylic acids is 2. The number of hydrogen-bond acceptors (Lipinski definition) is 2. The van der Waals surface area contributed by atoms with E-state index in [1.165, 1.54) is 6.92 Å². The first kappa shape index (κ1) is 14.0. The summed E-state index contributed by atoms with van der Waals surface area (Å²) in [5.74, 6) is -2.22. The first-order chi connectivity index (χ1) is 4.54. The molecule has 0 spiro atoms. The third kappa shape index (κ3) is 8.39. The van der Waals surface area contributed by atoms with Crippen molar-refractivity contribution in [2.75, 3.05) is 0 Å². The van der Waals surface area contributed by atoms with Gasteiger partial charge in [0.05, 0.1) is 0 Å². The first-order valence-corrected chi connectivity index (χ1v) is 2.56. The van der Waals surface area contributed by atoms with E-state index in [0.29, 0.717) is 0 Å². The third-order valence-corrected chi connectivity index (χ3v) is 0.826. The maximum Gasteiger partial charge on any atom is 1.00 e. The molecule has 0 unspecified atom stereocenters. The molecule has 0 fully saturated rings. The van der Waals surface area contributed by atoms with Gasteiger partial charge in [0.15, 0.2) is 5.97 Å². The van der Waals surface area contributed by atoms with E-state index in [1.807, 2.05) is 0 Å². The molecule has 0 aromatic rings. The van der Waals surface area contributed by atoms with Crippen LogP contribution in [0.3, 0.4) is 0 Å². The quantitative estimate of drug-likeness (QED) is 0.407. The van der Waals surface area contributed by atoms with E-state index in [0.717, 1.165) is 0 Å². The summed E-state index contributed by atoms with van der Waals surface area (Å²) in [6, 6.07) is 0. The van der Waals surface area contributed by atoms with Gasteiger partial charge in [0.2, 0.25) is 0 Å². The van der Waals surface area contributed by atoms with Crippen molar-refractivity contribution in [3.05, 3.63) is 11.6 Å².